The number of rotatable bonds is 5. The van der Waals surface area contributed by atoms with Crippen molar-refractivity contribution < 1.29 is 9.84 Å². The summed E-state index contributed by atoms with van der Waals surface area (Å²) in [6, 6.07) is 7.95. The number of imidazole rings is 1. The molecule has 6 rings (SSSR count). The van der Waals surface area contributed by atoms with Gasteiger partial charge >= 0.3 is 0 Å². The minimum Gasteiger partial charge on any atom is -0.390 e. The molecule has 0 atom stereocenters. The third kappa shape index (κ3) is 4.65. The second-order valence-corrected chi connectivity index (χ2v) is 10.7. The van der Waals surface area contributed by atoms with Crippen LogP contribution in [0.3, 0.4) is 0 Å². The van der Waals surface area contributed by atoms with E-state index >= 15 is 0 Å². The molecule has 10 nitrogen and oxygen atoms in total. The normalized spacial score (nSPS) is 18.2. The SMILES string of the molecule is Cn1c(CN2CCC(C(C)(C)O)CC2)nc2c(N3CCOCC3)nc(-c3cnnc4ccccc34)nc21. The minimum absolute atomic E-state index is 0.328. The largest absolute Gasteiger partial charge is 0.390 e. The average molecular weight is 503 g/mol. The van der Waals surface area contributed by atoms with E-state index in [9.17, 15) is 5.11 Å². The van der Waals surface area contributed by atoms with Crippen LogP contribution in [-0.2, 0) is 18.3 Å². The Morgan fingerprint density at radius 3 is 2.54 bits per heavy atom. The number of ether oxygens (including phenoxy) is 1. The highest BCUT2D eigenvalue weighted by atomic mass is 16.5. The second kappa shape index (κ2) is 9.59. The number of aliphatic hydroxyl groups is 1. The van der Waals surface area contributed by atoms with E-state index in [1.165, 1.54) is 0 Å². The van der Waals surface area contributed by atoms with Crippen molar-refractivity contribution in [1.82, 2.24) is 34.6 Å². The van der Waals surface area contributed by atoms with E-state index in [4.69, 9.17) is 19.7 Å². The van der Waals surface area contributed by atoms with Crippen molar-refractivity contribution in [2.24, 2.45) is 13.0 Å². The van der Waals surface area contributed by atoms with Gasteiger partial charge < -0.3 is 19.3 Å². The first-order valence-electron chi connectivity index (χ1n) is 13.1. The maximum absolute atomic E-state index is 10.4. The molecule has 0 radical (unpaired) electrons. The van der Waals surface area contributed by atoms with Gasteiger partial charge in [0.15, 0.2) is 22.8 Å². The van der Waals surface area contributed by atoms with Crippen LogP contribution in [0, 0.1) is 5.92 Å². The molecule has 10 heteroatoms. The van der Waals surface area contributed by atoms with Gasteiger partial charge in [-0.2, -0.15) is 10.2 Å². The van der Waals surface area contributed by atoms with Crippen molar-refractivity contribution >= 4 is 27.9 Å². The van der Waals surface area contributed by atoms with Gasteiger partial charge in [0.2, 0.25) is 0 Å². The van der Waals surface area contributed by atoms with Crippen molar-refractivity contribution in [2.45, 2.75) is 38.8 Å². The summed E-state index contributed by atoms with van der Waals surface area (Å²) in [7, 11) is 2.04. The quantitative estimate of drug-likeness (QED) is 0.441. The fraction of sp³-hybridized carbons (Fsp3) is 0.519. The van der Waals surface area contributed by atoms with Crippen LogP contribution in [0.4, 0.5) is 5.82 Å². The van der Waals surface area contributed by atoms with Gasteiger partial charge in [0.1, 0.15) is 5.82 Å². The summed E-state index contributed by atoms with van der Waals surface area (Å²) >= 11 is 0. The van der Waals surface area contributed by atoms with Crippen molar-refractivity contribution in [3.05, 3.63) is 36.3 Å². The number of aryl methyl sites for hydroxylation is 1. The number of piperidine rings is 1. The van der Waals surface area contributed by atoms with Gasteiger partial charge in [-0.05, 0) is 51.8 Å². The summed E-state index contributed by atoms with van der Waals surface area (Å²) in [5.41, 5.74) is 2.68. The Balaban J connectivity index is 1.40. The minimum atomic E-state index is -0.630. The summed E-state index contributed by atoms with van der Waals surface area (Å²) in [6.07, 6.45) is 3.72. The molecule has 1 aromatic carbocycles. The van der Waals surface area contributed by atoms with Gasteiger partial charge in [0.25, 0.3) is 0 Å². The molecule has 0 unspecified atom stereocenters. The molecule has 194 valence electrons. The Kier molecular flexibility index (Phi) is 6.26. The number of nitrogens with zero attached hydrogens (tertiary/aromatic N) is 8. The van der Waals surface area contributed by atoms with Crippen LogP contribution in [-0.4, -0.2) is 84.7 Å². The molecule has 2 aliphatic heterocycles. The molecule has 2 saturated heterocycles. The van der Waals surface area contributed by atoms with E-state index in [0.717, 1.165) is 84.8 Å². The van der Waals surface area contributed by atoms with Crippen LogP contribution in [0.1, 0.15) is 32.5 Å². The van der Waals surface area contributed by atoms with Crippen LogP contribution < -0.4 is 4.90 Å². The summed E-state index contributed by atoms with van der Waals surface area (Å²) in [5, 5.41) is 19.9. The Labute approximate surface area is 216 Å². The van der Waals surface area contributed by atoms with E-state index in [-0.39, 0.29) is 0 Å². The van der Waals surface area contributed by atoms with Gasteiger partial charge in [-0.1, -0.05) is 18.2 Å². The number of hydrogen-bond acceptors (Lipinski definition) is 9. The Morgan fingerprint density at radius 2 is 1.78 bits per heavy atom. The molecule has 37 heavy (non-hydrogen) atoms. The zero-order valence-corrected chi connectivity index (χ0v) is 21.8. The lowest BCUT2D eigenvalue weighted by Gasteiger charge is -2.37. The van der Waals surface area contributed by atoms with Gasteiger partial charge in [-0.15, -0.1) is 0 Å². The summed E-state index contributed by atoms with van der Waals surface area (Å²) < 4.78 is 7.71. The van der Waals surface area contributed by atoms with Gasteiger partial charge in [0.05, 0.1) is 37.1 Å². The van der Waals surface area contributed by atoms with Gasteiger partial charge in [-0.25, -0.2) is 15.0 Å². The van der Waals surface area contributed by atoms with Crippen LogP contribution in [0.25, 0.3) is 33.5 Å². The highest BCUT2D eigenvalue weighted by molar-refractivity contribution is 5.94. The zero-order valence-electron chi connectivity index (χ0n) is 21.8. The molecular weight excluding hydrogens is 468 g/mol. The topological polar surface area (TPSA) is 105 Å². The predicted octanol–water partition coefficient (Wildman–Crippen LogP) is 2.79. The summed E-state index contributed by atoms with van der Waals surface area (Å²) in [4.78, 5) is 19.8. The van der Waals surface area contributed by atoms with Crippen molar-refractivity contribution in [2.75, 3.05) is 44.3 Å². The third-order valence-corrected chi connectivity index (χ3v) is 7.84. The highest BCUT2D eigenvalue weighted by Crippen LogP contribution is 2.32. The average Bonchev–Trinajstić information content (AvgIpc) is 3.23. The maximum Gasteiger partial charge on any atom is 0.166 e. The van der Waals surface area contributed by atoms with E-state index in [1.807, 2.05) is 45.2 Å². The molecule has 3 aromatic heterocycles. The number of fused-ring (bicyclic) bond motifs is 2. The molecule has 0 saturated carbocycles. The van der Waals surface area contributed by atoms with E-state index in [0.29, 0.717) is 25.0 Å². The van der Waals surface area contributed by atoms with Crippen LogP contribution >= 0.6 is 0 Å². The number of aromatic nitrogens is 6. The first-order valence-corrected chi connectivity index (χ1v) is 13.1. The molecule has 2 fully saturated rings. The maximum atomic E-state index is 10.4. The van der Waals surface area contributed by atoms with Crippen LogP contribution in [0.15, 0.2) is 30.5 Å². The fourth-order valence-electron chi connectivity index (χ4n) is 5.53. The number of hydrogen-bond donors (Lipinski definition) is 1. The lowest BCUT2D eigenvalue weighted by molar-refractivity contribution is -0.0139. The predicted molar refractivity (Wildman–Crippen MR) is 142 cm³/mol. The number of benzene rings is 1. The summed E-state index contributed by atoms with van der Waals surface area (Å²) in [5.74, 6) is 2.76. The fourth-order valence-corrected chi connectivity index (χ4v) is 5.53. The van der Waals surface area contributed by atoms with E-state index in [2.05, 4.69) is 24.6 Å². The molecule has 4 aromatic rings. The Morgan fingerprint density at radius 1 is 1.03 bits per heavy atom. The van der Waals surface area contributed by atoms with Crippen LogP contribution in [0.5, 0.6) is 0 Å². The first kappa shape index (κ1) is 24.1. The number of morpholine rings is 1. The number of likely N-dealkylation sites (tertiary alicyclic amines) is 1. The van der Waals surface area contributed by atoms with Crippen molar-refractivity contribution in [3.8, 4) is 11.4 Å². The monoisotopic (exact) mass is 502 g/mol. The van der Waals surface area contributed by atoms with E-state index in [1.54, 1.807) is 6.20 Å². The second-order valence-electron chi connectivity index (χ2n) is 10.7. The number of anilines is 1. The van der Waals surface area contributed by atoms with Crippen molar-refractivity contribution in [1.29, 1.82) is 0 Å². The molecular formula is C27H34N8O2. The van der Waals surface area contributed by atoms with Crippen molar-refractivity contribution in [3.63, 3.8) is 0 Å². The molecule has 0 amide bonds. The molecule has 0 aliphatic carbocycles. The standard InChI is InChI=1S/C27H34N8O2/c1-27(2,36)18-8-10-34(11-9-18)17-22-29-23-25(33(22)3)30-24(31-26(23)35-12-14-37-15-13-35)20-16-28-32-21-7-5-4-6-19(20)21/h4-7,16,18,36H,8-15,17H2,1-3H3. The first-order chi connectivity index (χ1) is 17.9. The van der Waals surface area contributed by atoms with Gasteiger partial charge in [0, 0.05) is 31.1 Å². The van der Waals surface area contributed by atoms with Gasteiger partial charge in [-0.3, -0.25) is 4.90 Å². The molecule has 0 spiro atoms. The Hall–Kier alpha value is -3.21. The Bertz CT molecular complexity index is 1410. The smallest absolute Gasteiger partial charge is 0.166 e. The van der Waals surface area contributed by atoms with Crippen LogP contribution in [0.2, 0.25) is 0 Å². The lowest BCUT2D eigenvalue weighted by atomic mass is 9.83. The summed E-state index contributed by atoms with van der Waals surface area (Å²) in [6.45, 7) is 9.32. The molecule has 5 heterocycles. The van der Waals surface area contributed by atoms with E-state index < -0.39 is 5.60 Å². The molecule has 0 bridgehead atoms. The lowest BCUT2D eigenvalue weighted by Crippen LogP contribution is -2.41. The molecule has 2 aliphatic rings. The highest BCUT2D eigenvalue weighted by Gasteiger charge is 2.31. The zero-order chi connectivity index (χ0) is 25.6. The third-order valence-electron chi connectivity index (χ3n) is 7.84. The molecule has 1 N–H and O–H groups in total.